The summed E-state index contributed by atoms with van der Waals surface area (Å²) in [4.78, 5) is 38.1. The topological polar surface area (TPSA) is 107 Å². The zero-order valence-electron chi connectivity index (χ0n) is 19.9. The molecular weight excluding hydrogens is 500 g/mol. The molecular formula is C25H22F4N2O6. The maximum Gasteiger partial charge on any atom is 0.416 e. The summed E-state index contributed by atoms with van der Waals surface area (Å²) in [5.74, 6) is -3.83. The van der Waals surface area contributed by atoms with E-state index < -0.39 is 69.9 Å². The molecule has 196 valence electrons. The Morgan fingerprint density at radius 1 is 1.14 bits per heavy atom. The summed E-state index contributed by atoms with van der Waals surface area (Å²) in [6, 6.07) is 6.29. The van der Waals surface area contributed by atoms with E-state index in [2.05, 4.69) is 5.32 Å². The SMILES string of the molecule is CC(C)(C)OC(=O)CNC(=O)c1c(O)c2c(F)ccc3c2n(c1=O)CC(c1ccc(C(F)(F)F)cc1)O3. The van der Waals surface area contributed by atoms with Crippen LogP contribution in [0.15, 0.2) is 41.2 Å². The van der Waals surface area contributed by atoms with Crippen molar-refractivity contribution < 1.29 is 41.7 Å². The molecule has 2 aromatic carbocycles. The summed E-state index contributed by atoms with van der Waals surface area (Å²) in [5, 5.41) is 12.4. The van der Waals surface area contributed by atoms with Crippen LogP contribution in [0.3, 0.4) is 0 Å². The number of rotatable bonds is 4. The highest BCUT2D eigenvalue weighted by Gasteiger charge is 2.33. The molecule has 0 spiro atoms. The van der Waals surface area contributed by atoms with Crippen LogP contribution in [-0.4, -0.2) is 33.7 Å². The third kappa shape index (κ3) is 5.09. The van der Waals surface area contributed by atoms with Gasteiger partial charge in [-0.05, 0) is 50.6 Å². The number of pyridine rings is 1. The quantitative estimate of drug-likeness (QED) is 0.395. The van der Waals surface area contributed by atoms with Crippen LogP contribution in [-0.2, 0) is 22.3 Å². The van der Waals surface area contributed by atoms with Crippen LogP contribution in [0.4, 0.5) is 17.6 Å². The van der Waals surface area contributed by atoms with Crippen LogP contribution in [0, 0.1) is 5.82 Å². The van der Waals surface area contributed by atoms with E-state index in [-0.39, 0.29) is 17.8 Å². The minimum absolute atomic E-state index is 0.0133. The first-order valence-electron chi connectivity index (χ1n) is 11.1. The summed E-state index contributed by atoms with van der Waals surface area (Å²) in [6.07, 6.45) is -5.50. The second kappa shape index (κ2) is 9.09. The summed E-state index contributed by atoms with van der Waals surface area (Å²) in [6.45, 7) is 3.95. The number of hydrogen-bond donors (Lipinski definition) is 2. The van der Waals surface area contributed by atoms with Gasteiger partial charge in [0.15, 0.2) is 0 Å². The molecule has 0 saturated carbocycles. The number of carbonyl (C=O) groups is 2. The molecule has 1 aliphatic heterocycles. The lowest BCUT2D eigenvalue weighted by atomic mass is 10.0. The van der Waals surface area contributed by atoms with Crippen molar-refractivity contribution in [1.29, 1.82) is 0 Å². The lowest BCUT2D eigenvalue weighted by molar-refractivity contribution is -0.153. The molecule has 2 N–H and O–H groups in total. The smallest absolute Gasteiger partial charge is 0.416 e. The Hall–Kier alpha value is -4.09. The van der Waals surface area contributed by atoms with Crippen molar-refractivity contribution in [1.82, 2.24) is 9.88 Å². The first kappa shape index (κ1) is 26.0. The zero-order valence-corrected chi connectivity index (χ0v) is 19.9. The fourth-order valence-electron chi connectivity index (χ4n) is 4.01. The van der Waals surface area contributed by atoms with Gasteiger partial charge in [-0.25, -0.2) is 4.39 Å². The van der Waals surface area contributed by atoms with Crippen molar-refractivity contribution in [3.63, 3.8) is 0 Å². The lowest BCUT2D eigenvalue weighted by Crippen LogP contribution is -2.39. The fourth-order valence-corrected chi connectivity index (χ4v) is 4.01. The fraction of sp³-hybridized carbons (Fsp3) is 0.320. The van der Waals surface area contributed by atoms with Crippen LogP contribution >= 0.6 is 0 Å². The minimum atomic E-state index is -4.54. The molecule has 3 aromatic rings. The number of hydrogen-bond acceptors (Lipinski definition) is 6. The average molecular weight is 522 g/mol. The number of amides is 1. The molecule has 1 aliphatic rings. The van der Waals surface area contributed by atoms with Crippen molar-refractivity contribution in [2.45, 2.75) is 45.2 Å². The van der Waals surface area contributed by atoms with E-state index >= 15 is 0 Å². The van der Waals surface area contributed by atoms with Gasteiger partial charge in [0.25, 0.3) is 11.5 Å². The van der Waals surface area contributed by atoms with Crippen molar-refractivity contribution in [3.05, 3.63) is 69.3 Å². The number of nitrogens with one attached hydrogen (secondary N) is 1. The van der Waals surface area contributed by atoms with Crippen molar-refractivity contribution in [2.75, 3.05) is 6.54 Å². The van der Waals surface area contributed by atoms with E-state index in [0.717, 1.165) is 22.8 Å². The normalized spacial score (nSPS) is 15.3. The van der Waals surface area contributed by atoms with Gasteiger partial charge < -0.3 is 19.9 Å². The van der Waals surface area contributed by atoms with Gasteiger partial charge in [-0.3, -0.25) is 19.0 Å². The van der Waals surface area contributed by atoms with E-state index in [9.17, 15) is 37.1 Å². The molecule has 0 bridgehead atoms. The molecule has 1 atom stereocenters. The van der Waals surface area contributed by atoms with E-state index in [4.69, 9.17) is 9.47 Å². The number of carbonyl (C=O) groups excluding carboxylic acids is 2. The third-order valence-electron chi connectivity index (χ3n) is 5.56. The second-order valence-electron chi connectivity index (χ2n) is 9.40. The maximum atomic E-state index is 14.8. The molecule has 1 aromatic heterocycles. The van der Waals surface area contributed by atoms with E-state index in [1.54, 1.807) is 20.8 Å². The number of benzene rings is 2. The summed E-state index contributed by atoms with van der Waals surface area (Å²) in [7, 11) is 0. The second-order valence-corrected chi connectivity index (χ2v) is 9.40. The zero-order chi connectivity index (χ0) is 27.3. The highest BCUT2D eigenvalue weighted by molar-refractivity contribution is 6.04. The molecule has 4 rings (SSSR count). The van der Waals surface area contributed by atoms with Crippen LogP contribution in [0.25, 0.3) is 10.9 Å². The highest BCUT2D eigenvalue weighted by Crippen LogP contribution is 2.40. The molecule has 0 saturated heterocycles. The Bertz CT molecular complexity index is 1460. The van der Waals surface area contributed by atoms with Crippen molar-refractivity contribution >= 4 is 22.8 Å². The van der Waals surface area contributed by atoms with E-state index in [1.807, 2.05) is 0 Å². The van der Waals surface area contributed by atoms with Gasteiger partial charge in [0.2, 0.25) is 0 Å². The standard InChI is InChI=1S/C25H22F4N2O6/c1-24(2,3)37-17(32)10-30-22(34)19-21(33)18-14(26)8-9-15-20(18)31(23(19)35)11-16(36-15)12-4-6-13(7-5-12)25(27,28)29/h4-9,16,33H,10-11H2,1-3H3,(H,30,34). The molecule has 8 nitrogen and oxygen atoms in total. The van der Waals surface area contributed by atoms with Crippen LogP contribution in [0.5, 0.6) is 11.5 Å². The van der Waals surface area contributed by atoms with Crippen LogP contribution < -0.4 is 15.6 Å². The minimum Gasteiger partial charge on any atom is -0.506 e. The van der Waals surface area contributed by atoms with Gasteiger partial charge in [-0.2, -0.15) is 13.2 Å². The molecule has 1 amide bonds. The number of alkyl halides is 3. The Morgan fingerprint density at radius 3 is 2.38 bits per heavy atom. The summed E-state index contributed by atoms with van der Waals surface area (Å²) >= 11 is 0. The lowest BCUT2D eigenvalue weighted by Gasteiger charge is -2.29. The average Bonchev–Trinajstić information content (AvgIpc) is 2.80. The van der Waals surface area contributed by atoms with Gasteiger partial charge in [0, 0.05) is 0 Å². The Balaban J connectivity index is 1.73. The summed E-state index contributed by atoms with van der Waals surface area (Å²) < 4.78 is 65.6. The first-order chi connectivity index (χ1) is 17.2. The molecule has 12 heteroatoms. The number of esters is 1. The number of halogens is 4. The van der Waals surface area contributed by atoms with E-state index in [1.165, 1.54) is 18.2 Å². The Kier molecular flexibility index (Phi) is 6.39. The van der Waals surface area contributed by atoms with Crippen molar-refractivity contribution in [3.8, 4) is 11.5 Å². The molecule has 0 aliphatic carbocycles. The monoisotopic (exact) mass is 522 g/mol. The van der Waals surface area contributed by atoms with Crippen molar-refractivity contribution in [2.24, 2.45) is 0 Å². The largest absolute Gasteiger partial charge is 0.506 e. The summed E-state index contributed by atoms with van der Waals surface area (Å²) in [5.41, 5.74) is -3.33. The van der Waals surface area contributed by atoms with Gasteiger partial charge >= 0.3 is 12.1 Å². The van der Waals surface area contributed by atoms with Gasteiger partial charge in [-0.15, -0.1) is 0 Å². The predicted molar refractivity (Wildman–Crippen MR) is 123 cm³/mol. The maximum absolute atomic E-state index is 14.8. The highest BCUT2D eigenvalue weighted by atomic mass is 19.4. The Labute approximate surface area is 207 Å². The molecule has 2 heterocycles. The van der Waals surface area contributed by atoms with E-state index in [0.29, 0.717) is 5.56 Å². The molecule has 1 unspecified atom stereocenters. The van der Waals surface area contributed by atoms with Crippen LogP contribution in [0.2, 0.25) is 0 Å². The number of aromatic hydroxyl groups is 1. The first-order valence-corrected chi connectivity index (χ1v) is 11.1. The number of aromatic nitrogens is 1. The van der Waals surface area contributed by atoms with Gasteiger partial charge in [0.1, 0.15) is 46.6 Å². The van der Waals surface area contributed by atoms with Gasteiger partial charge in [-0.1, -0.05) is 12.1 Å². The molecule has 0 radical (unpaired) electrons. The number of ether oxygens (including phenoxy) is 2. The van der Waals surface area contributed by atoms with Crippen LogP contribution in [0.1, 0.15) is 48.4 Å². The third-order valence-corrected chi connectivity index (χ3v) is 5.56. The number of nitrogens with zero attached hydrogens (tertiary/aromatic N) is 1. The molecule has 0 fully saturated rings. The predicted octanol–water partition coefficient (Wildman–Crippen LogP) is 4.07. The van der Waals surface area contributed by atoms with Gasteiger partial charge in [0.05, 0.1) is 17.5 Å². The molecule has 37 heavy (non-hydrogen) atoms. The Morgan fingerprint density at radius 2 is 1.78 bits per heavy atom.